The summed E-state index contributed by atoms with van der Waals surface area (Å²) in [7, 11) is 0. The first kappa shape index (κ1) is 10.6. The summed E-state index contributed by atoms with van der Waals surface area (Å²) in [4.78, 5) is 13.2. The molecule has 17 heavy (non-hydrogen) atoms. The van der Waals surface area contributed by atoms with Gasteiger partial charge in [-0.15, -0.1) is 16.4 Å². The van der Waals surface area contributed by atoms with Gasteiger partial charge in [-0.05, 0) is 13.0 Å². The molecule has 0 aliphatic carbocycles. The third kappa shape index (κ3) is 1.89. The van der Waals surface area contributed by atoms with E-state index in [1.54, 1.807) is 22.2 Å². The molecular weight excluding hydrogens is 236 g/mol. The second kappa shape index (κ2) is 4.05. The van der Waals surface area contributed by atoms with Crippen molar-refractivity contribution in [3.05, 3.63) is 33.8 Å². The van der Waals surface area contributed by atoms with Gasteiger partial charge >= 0.3 is 0 Å². The summed E-state index contributed by atoms with van der Waals surface area (Å²) in [5.74, 6) is -0.0483. The topological polar surface area (TPSA) is 59.8 Å². The van der Waals surface area contributed by atoms with E-state index in [2.05, 4.69) is 15.6 Å². The molecule has 1 aliphatic rings. The van der Waals surface area contributed by atoms with Crippen molar-refractivity contribution in [2.75, 3.05) is 13.1 Å². The minimum atomic E-state index is -0.0483. The van der Waals surface area contributed by atoms with Gasteiger partial charge in [-0.2, -0.15) is 0 Å². The Morgan fingerprint density at radius 3 is 3.00 bits per heavy atom. The number of thiophene rings is 1. The van der Waals surface area contributed by atoms with E-state index in [-0.39, 0.29) is 5.78 Å². The molecule has 0 unspecified atom stereocenters. The molecule has 0 bridgehead atoms. The standard InChI is InChI=1S/C11H12N4OS/c1-7-2-8(6-17-7)11(16)10-5-15(14-13-10)9-3-12-4-9/h2,5-6,9,12H,3-4H2,1H3. The third-order valence-corrected chi connectivity index (χ3v) is 3.73. The van der Waals surface area contributed by atoms with Crippen LogP contribution in [-0.4, -0.2) is 33.9 Å². The summed E-state index contributed by atoms with van der Waals surface area (Å²) in [5, 5.41) is 13.0. The minimum absolute atomic E-state index is 0.0483. The highest BCUT2D eigenvalue weighted by molar-refractivity contribution is 7.10. The van der Waals surface area contributed by atoms with Crippen molar-refractivity contribution in [2.45, 2.75) is 13.0 Å². The van der Waals surface area contributed by atoms with Crippen LogP contribution in [-0.2, 0) is 0 Å². The highest BCUT2D eigenvalue weighted by Gasteiger charge is 2.22. The predicted molar refractivity (Wildman–Crippen MR) is 64.4 cm³/mol. The summed E-state index contributed by atoms with van der Waals surface area (Å²) in [6.07, 6.45) is 1.74. The second-order valence-corrected chi connectivity index (χ2v) is 5.29. The largest absolute Gasteiger partial charge is 0.312 e. The Morgan fingerprint density at radius 1 is 1.59 bits per heavy atom. The van der Waals surface area contributed by atoms with Gasteiger partial charge in [-0.1, -0.05) is 5.21 Å². The first-order chi connectivity index (χ1) is 8.24. The maximum absolute atomic E-state index is 12.1. The van der Waals surface area contributed by atoms with E-state index >= 15 is 0 Å². The molecule has 2 aromatic heterocycles. The number of nitrogens with one attached hydrogen (secondary N) is 1. The molecular formula is C11H12N4OS. The monoisotopic (exact) mass is 248 g/mol. The van der Waals surface area contributed by atoms with Gasteiger partial charge in [-0.25, -0.2) is 4.68 Å². The van der Waals surface area contributed by atoms with Crippen LogP contribution in [0.2, 0.25) is 0 Å². The fourth-order valence-electron chi connectivity index (χ4n) is 1.73. The maximum Gasteiger partial charge on any atom is 0.215 e. The number of carbonyl (C=O) groups is 1. The van der Waals surface area contributed by atoms with Crippen LogP contribution in [0.1, 0.15) is 27.0 Å². The maximum atomic E-state index is 12.1. The van der Waals surface area contributed by atoms with Gasteiger partial charge in [0.2, 0.25) is 5.78 Å². The average molecular weight is 248 g/mol. The van der Waals surface area contributed by atoms with Crippen molar-refractivity contribution in [3.8, 4) is 0 Å². The molecule has 6 heteroatoms. The van der Waals surface area contributed by atoms with E-state index in [4.69, 9.17) is 0 Å². The lowest BCUT2D eigenvalue weighted by atomic mass is 10.1. The highest BCUT2D eigenvalue weighted by Crippen LogP contribution is 2.17. The number of ketones is 1. The van der Waals surface area contributed by atoms with Gasteiger partial charge in [0.15, 0.2) is 5.69 Å². The second-order valence-electron chi connectivity index (χ2n) is 4.17. The van der Waals surface area contributed by atoms with Gasteiger partial charge in [0, 0.05) is 28.9 Å². The number of carbonyl (C=O) groups excluding carboxylic acids is 1. The molecule has 1 fully saturated rings. The molecule has 0 atom stereocenters. The molecule has 0 radical (unpaired) electrons. The van der Waals surface area contributed by atoms with Crippen molar-refractivity contribution in [3.63, 3.8) is 0 Å². The molecule has 3 heterocycles. The predicted octanol–water partition coefficient (Wildman–Crippen LogP) is 1.02. The zero-order valence-electron chi connectivity index (χ0n) is 9.38. The number of nitrogens with zero attached hydrogens (tertiary/aromatic N) is 3. The van der Waals surface area contributed by atoms with Gasteiger partial charge in [-0.3, -0.25) is 4.79 Å². The lowest BCUT2D eigenvalue weighted by Gasteiger charge is -2.26. The summed E-state index contributed by atoms with van der Waals surface area (Å²) in [6, 6.07) is 2.23. The van der Waals surface area contributed by atoms with Gasteiger partial charge < -0.3 is 5.32 Å². The van der Waals surface area contributed by atoms with E-state index in [9.17, 15) is 4.79 Å². The molecule has 1 N–H and O–H groups in total. The van der Waals surface area contributed by atoms with E-state index in [0.717, 1.165) is 18.0 Å². The summed E-state index contributed by atoms with van der Waals surface area (Å²) >= 11 is 1.57. The zero-order chi connectivity index (χ0) is 11.8. The minimum Gasteiger partial charge on any atom is -0.312 e. The van der Waals surface area contributed by atoms with Gasteiger partial charge in [0.25, 0.3) is 0 Å². The van der Waals surface area contributed by atoms with Gasteiger partial charge in [0.05, 0.1) is 12.2 Å². The van der Waals surface area contributed by atoms with Crippen LogP contribution in [0.25, 0.3) is 0 Å². The number of rotatable bonds is 3. The van der Waals surface area contributed by atoms with Crippen molar-refractivity contribution in [1.82, 2.24) is 20.3 Å². The third-order valence-electron chi connectivity index (χ3n) is 2.87. The lowest BCUT2D eigenvalue weighted by Crippen LogP contribution is -2.43. The van der Waals surface area contributed by atoms with Crippen molar-refractivity contribution < 1.29 is 4.79 Å². The fourth-order valence-corrected chi connectivity index (χ4v) is 2.41. The summed E-state index contributed by atoms with van der Waals surface area (Å²) in [5.41, 5.74) is 1.13. The van der Waals surface area contributed by atoms with Crippen molar-refractivity contribution >= 4 is 17.1 Å². The van der Waals surface area contributed by atoms with Crippen molar-refractivity contribution in [2.24, 2.45) is 0 Å². The Hall–Kier alpha value is -1.53. The number of hydrogen-bond acceptors (Lipinski definition) is 5. The van der Waals surface area contributed by atoms with Crippen LogP contribution in [0.5, 0.6) is 0 Å². The highest BCUT2D eigenvalue weighted by atomic mass is 32.1. The van der Waals surface area contributed by atoms with Crippen molar-refractivity contribution in [1.29, 1.82) is 0 Å². The Balaban J connectivity index is 1.83. The van der Waals surface area contributed by atoms with Crippen LogP contribution in [0.3, 0.4) is 0 Å². The Bertz CT molecular complexity index is 555. The SMILES string of the molecule is Cc1cc(C(=O)c2cn(C3CNC3)nn2)cs1. The molecule has 0 spiro atoms. The fraction of sp³-hybridized carbons (Fsp3) is 0.364. The van der Waals surface area contributed by atoms with E-state index in [1.165, 1.54) is 0 Å². The van der Waals surface area contributed by atoms with Crippen LogP contribution in [0, 0.1) is 6.92 Å². The smallest absolute Gasteiger partial charge is 0.215 e. The Kier molecular flexibility index (Phi) is 2.53. The number of aryl methyl sites for hydroxylation is 1. The normalized spacial score (nSPS) is 15.8. The lowest BCUT2D eigenvalue weighted by molar-refractivity contribution is 0.103. The first-order valence-electron chi connectivity index (χ1n) is 5.46. The molecule has 0 aromatic carbocycles. The molecule has 0 amide bonds. The average Bonchev–Trinajstić information content (AvgIpc) is 2.84. The number of hydrogen-bond donors (Lipinski definition) is 1. The molecule has 5 nitrogen and oxygen atoms in total. The van der Waals surface area contributed by atoms with E-state index in [1.807, 2.05) is 18.4 Å². The first-order valence-corrected chi connectivity index (χ1v) is 6.34. The summed E-state index contributed by atoms with van der Waals surface area (Å²) < 4.78 is 1.77. The molecule has 1 saturated heterocycles. The molecule has 88 valence electrons. The molecule has 2 aromatic rings. The number of aromatic nitrogens is 3. The Morgan fingerprint density at radius 2 is 2.41 bits per heavy atom. The van der Waals surface area contributed by atoms with Crippen LogP contribution < -0.4 is 5.32 Å². The quantitative estimate of drug-likeness (QED) is 0.824. The summed E-state index contributed by atoms with van der Waals surface area (Å²) in [6.45, 7) is 3.78. The zero-order valence-corrected chi connectivity index (χ0v) is 10.2. The van der Waals surface area contributed by atoms with Crippen LogP contribution >= 0.6 is 11.3 Å². The molecule has 0 saturated carbocycles. The van der Waals surface area contributed by atoms with E-state index < -0.39 is 0 Å². The molecule has 3 rings (SSSR count). The van der Waals surface area contributed by atoms with E-state index in [0.29, 0.717) is 17.3 Å². The van der Waals surface area contributed by atoms with Crippen LogP contribution in [0.4, 0.5) is 0 Å². The van der Waals surface area contributed by atoms with Crippen LogP contribution in [0.15, 0.2) is 17.6 Å². The molecule has 1 aliphatic heterocycles. The Labute approximate surface area is 102 Å². The van der Waals surface area contributed by atoms with Gasteiger partial charge in [0.1, 0.15) is 0 Å².